The van der Waals surface area contributed by atoms with Crippen molar-refractivity contribution < 1.29 is 22.4 Å². The molecule has 0 aromatic heterocycles. The largest absolute Gasteiger partial charge is 0.368 e. The molecule has 0 saturated carbocycles. The normalized spacial score (nSPS) is 19.7. The van der Waals surface area contributed by atoms with Crippen molar-refractivity contribution in [1.82, 2.24) is 15.1 Å². The fourth-order valence-corrected chi connectivity index (χ4v) is 5.00. The van der Waals surface area contributed by atoms with Crippen LogP contribution in [0.25, 0.3) is 0 Å². The number of anilines is 1. The summed E-state index contributed by atoms with van der Waals surface area (Å²) in [4.78, 5) is 18.5. The first-order valence-electron chi connectivity index (χ1n) is 12.2. The van der Waals surface area contributed by atoms with Crippen molar-refractivity contribution in [1.29, 1.82) is 0 Å². The summed E-state index contributed by atoms with van der Waals surface area (Å²) < 4.78 is 54.3. The fourth-order valence-electron chi connectivity index (χ4n) is 5.00. The summed E-state index contributed by atoms with van der Waals surface area (Å²) in [6.45, 7) is 6.12. The summed E-state index contributed by atoms with van der Waals surface area (Å²) in [5.74, 6) is -3.55. The Hall–Kier alpha value is -2.81. The van der Waals surface area contributed by atoms with Crippen LogP contribution < -0.4 is 10.2 Å². The Balaban J connectivity index is 1.18. The van der Waals surface area contributed by atoms with Crippen molar-refractivity contribution >= 4 is 11.7 Å². The van der Waals surface area contributed by atoms with Crippen LogP contribution in [-0.4, -0.2) is 61.1 Å². The minimum Gasteiger partial charge on any atom is -0.368 e. The number of urea groups is 1. The number of piperazine rings is 1. The number of halogens is 4. The second kappa shape index (κ2) is 11.3. The Morgan fingerprint density at radius 2 is 1.66 bits per heavy atom. The van der Waals surface area contributed by atoms with Crippen LogP contribution in [0.4, 0.5) is 28.0 Å². The summed E-state index contributed by atoms with van der Waals surface area (Å²) in [5, 5.41) is 3.00. The summed E-state index contributed by atoms with van der Waals surface area (Å²) >= 11 is 0. The molecule has 0 aliphatic carbocycles. The molecule has 2 amide bonds. The zero-order chi connectivity index (χ0) is 24.9. The van der Waals surface area contributed by atoms with Gasteiger partial charge in [-0.1, -0.05) is 18.2 Å². The molecule has 0 unspecified atom stereocenters. The molecule has 0 bridgehead atoms. The molecule has 2 fully saturated rings. The average molecular weight is 493 g/mol. The van der Waals surface area contributed by atoms with E-state index in [0.717, 1.165) is 50.0 Å². The van der Waals surface area contributed by atoms with Gasteiger partial charge in [0.05, 0.1) is 0 Å². The quantitative estimate of drug-likeness (QED) is 0.467. The molecule has 2 aromatic carbocycles. The van der Waals surface area contributed by atoms with Gasteiger partial charge in [-0.05, 0) is 51.3 Å². The fraction of sp³-hybridized carbons (Fsp3) is 0.500. The zero-order valence-corrected chi connectivity index (χ0v) is 20.0. The molecule has 2 saturated heterocycles. The van der Waals surface area contributed by atoms with Crippen LogP contribution in [0.1, 0.15) is 31.7 Å². The third-order valence-electron chi connectivity index (χ3n) is 7.11. The van der Waals surface area contributed by atoms with Gasteiger partial charge in [0.2, 0.25) is 0 Å². The highest BCUT2D eigenvalue weighted by Gasteiger charge is 2.29. The topological polar surface area (TPSA) is 38.8 Å². The lowest BCUT2D eigenvalue weighted by molar-refractivity contribution is 0.162. The number of carbonyl (C=O) groups excluding carboxylic acids is 1. The molecule has 35 heavy (non-hydrogen) atoms. The van der Waals surface area contributed by atoms with Crippen molar-refractivity contribution in [3.8, 4) is 0 Å². The number of nitrogens with one attached hydrogen (secondary N) is 1. The van der Waals surface area contributed by atoms with Crippen LogP contribution >= 0.6 is 0 Å². The monoisotopic (exact) mass is 492 g/mol. The molecule has 2 aliphatic heterocycles. The van der Waals surface area contributed by atoms with E-state index in [2.05, 4.69) is 10.2 Å². The number of carbonyl (C=O) groups is 1. The van der Waals surface area contributed by atoms with Crippen LogP contribution in [0.2, 0.25) is 0 Å². The van der Waals surface area contributed by atoms with Gasteiger partial charge in [-0.2, -0.15) is 0 Å². The van der Waals surface area contributed by atoms with Gasteiger partial charge >= 0.3 is 6.03 Å². The maximum absolute atomic E-state index is 13.9. The van der Waals surface area contributed by atoms with Crippen molar-refractivity contribution in [2.24, 2.45) is 5.92 Å². The van der Waals surface area contributed by atoms with E-state index >= 15 is 0 Å². The standard InChI is InChI=1S/C26H32F4N4O/c1-18-16-33(21-14-23(28)25(30)24(29)15-21)12-13-34(18)26(35)31-9-6-19-7-10-32(11-8-19)17-20-4-2-3-5-22(20)27/h2-5,14-15,18-19H,6-13,16-17H2,1H3,(H,31,35)/t18-/m1/s1. The summed E-state index contributed by atoms with van der Waals surface area (Å²) in [5.41, 5.74) is 0.997. The zero-order valence-electron chi connectivity index (χ0n) is 20.0. The number of benzene rings is 2. The lowest BCUT2D eigenvalue weighted by atomic mass is 9.93. The minimum absolute atomic E-state index is 0.148. The second-order valence-corrected chi connectivity index (χ2v) is 9.54. The minimum atomic E-state index is -1.48. The number of hydrogen-bond acceptors (Lipinski definition) is 3. The van der Waals surface area contributed by atoms with Crippen LogP contribution in [0.3, 0.4) is 0 Å². The highest BCUT2D eigenvalue weighted by atomic mass is 19.2. The predicted octanol–water partition coefficient (Wildman–Crippen LogP) is 4.77. The van der Waals surface area contributed by atoms with E-state index < -0.39 is 17.5 Å². The molecule has 5 nitrogen and oxygen atoms in total. The Morgan fingerprint density at radius 1 is 0.971 bits per heavy atom. The second-order valence-electron chi connectivity index (χ2n) is 9.54. The molecule has 2 aliphatic rings. The Morgan fingerprint density at radius 3 is 2.31 bits per heavy atom. The van der Waals surface area contributed by atoms with Gasteiger partial charge in [0.15, 0.2) is 17.5 Å². The molecule has 4 rings (SSSR count). The van der Waals surface area contributed by atoms with Crippen molar-refractivity contribution in [2.45, 2.75) is 38.8 Å². The smallest absolute Gasteiger partial charge is 0.317 e. The van der Waals surface area contributed by atoms with Gasteiger partial charge in [-0.3, -0.25) is 4.90 Å². The van der Waals surface area contributed by atoms with Crippen molar-refractivity contribution in [3.05, 3.63) is 65.2 Å². The Labute approximate surface area is 203 Å². The van der Waals surface area contributed by atoms with E-state index in [1.807, 2.05) is 19.1 Å². The van der Waals surface area contributed by atoms with Gasteiger partial charge in [-0.15, -0.1) is 0 Å². The number of hydrogen-bond donors (Lipinski definition) is 1. The van der Waals surface area contributed by atoms with Gasteiger partial charge in [-0.25, -0.2) is 22.4 Å². The highest BCUT2D eigenvalue weighted by molar-refractivity contribution is 5.75. The molecule has 2 heterocycles. The molecular formula is C26H32F4N4O. The molecule has 0 spiro atoms. The molecule has 9 heteroatoms. The Bertz CT molecular complexity index is 1010. The SMILES string of the molecule is C[C@@H]1CN(c2cc(F)c(F)c(F)c2)CCN1C(=O)NCCC1CCN(Cc2ccccc2F)CC1. The first kappa shape index (κ1) is 25.3. The number of nitrogens with zero attached hydrogens (tertiary/aromatic N) is 3. The number of rotatable bonds is 6. The van der Waals surface area contributed by atoms with Crippen LogP contribution in [0.15, 0.2) is 36.4 Å². The molecule has 190 valence electrons. The van der Waals surface area contributed by atoms with E-state index in [4.69, 9.17) is 0 Å². The van der Waals surface area contributed by atoms with E-state index in [-0.39, 0.29) is 23.6 Å². The van der Waals surface area contributed by atoms with Gasteiger partial charge < -0.3 is 15.1 Å². The van der Waals surface area contributed by atoms with E-state index in [0.29, 0.717) is 38.6 Å². The highest BCUT2D eigenvalue weighted by Crippen LogP contribution is 2.25. The van der Waals surface area contributed by atoms with E-state index in [1.54, 1.807) is 15.9 Å². The van der Waals surface area contributed by atoms with Gasteiger partial charge in [0, 0.05) is 62.1 Å². The first-order valence-corrected chi connectivity index (χ1v) is 12.2. The van der Waals surface area contributed by atoms with Crippen LogP contribution in [-0.2, 0) is 6.54 Å². The van der Waals surface area contributed by atoms with Crippen molar-refractivity contribution in [3.63, 3.8) is 0 Å². The maximum Gasteiger partial charge on any atom is 0.317 e. The maximum atomic E-state index is 13.9. The summed E-state index contributed by atoms with van der Waals surface area (Å²) in [7, 11) is 0. The van der Waals surface area contributed by atoms with E-state index in [1.165, 1.54) is 6.07 Å². The van der Waals surface area contributed by atoms with Crippen molar-refractivity contribution in [2.75, 3.05) is 44.2 Å². The predicted molar refractivity (Wildman–Crippen MR) is 127 cm³/mol. The lowest BCUT2D eigenvalue weighted by Gasteiger charge is -2.41. The lowest BCUT2D eigenvalue weighted by Crippen LogP contribution is -2.56. The number of piperidine rings is 1. The van der Waals surface area contributed by atoms with Gasteiger partial charge in [0.25, 0.3) is 0 Å². The molecule has 0 radical (unpaired) electrons. The van der Waals surface area contributed by atoms with Crippen LogP contribution in [0.5, 0.6) is 0 Å². The Kier molecular flexibility index (Phi) is 8.15. The number of amides is 2. The third-order valence-corrected chi connectivity index (χ3v) is 7.11. The molecule has 1 atom stereocenters. The van der Waals surface area contributed by atoms with E-state index in [9.17, 15) is 22.4 Å². The molecular weight excluding hydrogens is 460 g/mol. The molecule has 1 N–H and O–H groups in total. The molecule has 2 aromatic rings. The summed E-state index contributed by atoms with van der Waals surface area (Å²) in [6, 6.07) is 8.55. The van der Waals surface area contributed by atoms with Gasteiger partial charge in [0.1, 0.15) is 5.82 Å². The third kappa shape index (κ3) is 6.25. The first-order chi connectivity index (χ1) is 16.8. The average Bonchev–Trinajstić information content (AvgIpc) is 2.84. The van der Waals surface area contributed by atoms with Crippen LogP contribution in [0, 0.1) is 29.2 Å². The summed E-state index contributed by atoms with van der Waals surface area (Å²) in [6.07, 6.45) is 2.93. The number of likely N-dealkylation sites (tertiary alicyclic amines) is 1.